The first kappa shape index (κ1) is 24.3. The number of para-hydroxylation sites is 2. The van der Waals surface area contributed by atoms with Crippen LogP contribution in [0.3, 0.4) is 0 Å². The van der Waals surface area contributed by atoms with Crippen LogP contribution in [0.25, 0.3) is 81.4 Å². The summed E-state index contributed by atoms with van der Waals surface area (Å²) in [6.07, 6.45) is 0. The maximum Gasteiger partial charge on any atom is 0.214 e. The van der Waals surface area contributed by atoms with E-state index in [2.05, 4.69) is 117 Å². The number of hydrogen-bond acceptors (Lipinski definition) is 1. The van der Waals surface area contributed by atoms with E-state index in [0.717, 1.165) is 38.5 Å². The molecule has 0 spiro atoms. The van der Waals surface area contributed by atoms with Crippen molar-refractivity contribution < 1.29 is 0 Å². The van der Waals surface area contributed by atoms with Crippen molar-refractivity contribution in [2.24, 2.45) is 0 Å². The summed E-state index contributed by atoms with van der Waals surface area (Å²) in [5, 5.41) is 19.9. The van der Waals surface area contributed by atoms with E-state index in [1.165, 1.54) is 32.3 Å². The Labute approximate surface area is 252 Å². The standard InChI is InChI=1S/C40H22N4/c1-42-33-23-28(22-27(24-41)40(33)44-34-16-8-6-14-31(34)32-15-7-9-17-35(32)44)43-36-20-18-25-10-2-4-12-29(25)38(36)39-30-13-5-3-11-26(30)19-21-37(39)43/h2-23H. The Morgan fingerprint density at radius 3 is 1.55 bits per heavy atom. The summed E-state index contributed by atoms with van der Waals surface area (Å²) in [6.45, 7) is 8.33. The normalized spacial score (nSPS) is 11.6. The number of aromatic nitrogens is 2. The lowest BCUT2D eigenvalue weighted by molar-refractivity contribution is 1.14. The zero-order chi connectivity index (χ0) is 29.4. The number of hydrogen-bond donors (Lipinski definition) is 0. The first-order valence-electron chi connectivity index (χ1n) is 14.5. The summed E-state index contributed by atoms with van der Waals surface area (Å²) in [7, 11) is 0. The molecule has 0 atom stereocenters. The van der Waals surface area contributed by atoms with Gasteiger partial charge in [0.1, 0.15) is 6.07 Å². The van der Waals surface area contributed by atoms with Crippen LogP contribution in [0.5, 0.6) is 0 Å². The van der Waals surface area contributed by atoms with Crippen LogP contribution in [-0.4, -0.2) is 9.13 Å². The monoisotopic (exact) mass is 558 g/mol. The van der Waals surface area contributed by atoms with E-state index in [1.807, 2.05) is 36.4 Å². The fourth-order valence-corrected chi connectivity index (χ4v) is 7.13. The van der Waals surface area contributed by atoms with Crippen LogP contribution >= 0.6 is 0 Å². The fraction of sp³-hybridized carbons (Fsp3) is 0. The lowest BCUT2D eigenvalue weighted by Crippen LogP contribution is -2.01. The minimum atomic E-state index is 0.433. The summed E-state index contributed by atoms with van der Waals surface area (Å²) in [5.74, 6) is 0. The molecule has 2 aromatic heterocycles. The molecule has 7 aromatic carbocycles. The van der Waals surface area contributed by atoms with Crippen LogP contribution in [0.4, 0.5) is 5.69 Å². The summed E-state index contributed by atoms with van der Waals surface area (Å²) >= 11 is 0. The summed E-state index contributed by atoms with van der Waals surface area (Å²) < 4.78 is 4.29. The Balaban J connectivity index is 1.43. The third-order valence-electron chi connectivity index (χ3n) is 8.92. The average molecular weight is 559 g/mol. The quantitative estimate of drug-likeness (QED) is 0.195. The highest BCUT2D eigenvalue weighted by molar-refractivity contribution is 6.28. The minimum absolute atomic E-state index is 0.433. The van der Waals surface area contributed by atoms with Crippen LogP contribution in [0.15, 0.2) is 133 Å². The van der Waals surface area contributed by atoms with Crippen molar-refractivity contribution in [1.82, 2.24) is 9.13 Å². The average Bonchev–Trinajstić information content (AvgIpc) is 3.61. The van der Waals surface area contributed by atoms with E-state index in [-0.39, 0.29) is 0 Å². The SMILES string of the molecule is [C-]#[N+]c1cc(-n2c3ccc4ccccc4c3c3c4ccccc4ccc32)cc(C#N)c1-n1c2ccccc2c2ccccc21. The van der Waals surface area contributed by atoms with Crippen molar-refractivity contribution in [1.29, 1.82) is 5.26 Å². The van der Waals surface area contributed by atoms with Gasteiger partial charge in [-0.2, -0.15) is 5.26 Å². The minimum Gasteiger partial charge on any atom is -0.318 e. The maximum absolute atomic E-state index is 10.6. The van der Waals surface area contributed by atoms with Gasteiger partial charge in [0.25, 0.3) is 0 Å². The summed E-state index contributed by atoms with van der Waals surface area (Å²) in [4.78, 5) is 4.04. The van der Waals surface area contributed by atoms with Crippen molar-refractivity contribution in [3.05, 3.63) is 150 Å². The molecule has 0 N–H and O–H groups in total. The van der Waals surface area contributed by atoms with E-state index < -0.39 is 0 Å². The predicted molar refractivity (Wildman–Crippen MR) is 181 cm³/mol. The molecule has 0 aliphatic rings. The molecule has 44 heavy (non-hydrogen) atoms. The van der Waals surface area contributed by atoms with Gasteiger partial charge in [-0.15, -0.1) is 0 Å². The molecule has 2 heterocycles. The van der Waals surface area contributed by atoms with Gasteiger partial charge in [0.15, 0.2) is 0 Å². The molecular weight excluding hydrogens is 536 g/mol. The van der Waals surface area contributed by atoms with Crippen molar-refractivity contribution >= 4 is 70.8 Å². The third-order valence-corrected chi connectivity index (χ3v) is 8.92. The fourth-order valence-electron chi connectivity index (χ4n) is 7.13. The second-order valence-corrected chi connectivity index (χ2v) is 11.2. The van der Waals surface area contributed by atoms with Gasteiger partial charge in [0.05, 0.1) is 39.9 Å². The lowest BCUT2D eigenvalue weighted by Gasteiger charge is -2.16. The molecule has 0 bridgehead atoms. The molecule has 0 saturated heterocycles. The zero-order valence-corrected chi connectivity index (χ0v) is 23.5. The molecule has 0 fully saturated rings. The van der Waals surface area contributed by atoms with Gasteiger partial charge in [-0.25, -0.2) is 4.85 Å². The van der Waals surface area contributed by atoms with Crippen molar-refractivity contribution in [3.8, 4) is 17.4 Å². The van der Waals surface area contributed by atoms with E-state index >= 15 is 0 Å². The van der Waals surface area contributed by atoms with Crippen LogP contribution < -0.4 is 0 Å². The number of benzene rings is 7. The molecule has 0 saturated carbocycles. The van der Waals surface area contributed by atoms with Gasteiger partial charge in [0.2, 0.25) is 5.69 Å². The van der Waals surface area contributed by atoms with Crippen molar-refractivity contribution in [2.45, 2.75) is 0 Å². The zero-order valence-electron chi connectivity index (χ0n) is 23.5. The molecule has 0 amide bonds. The lowest BCUT2D eigenvalue weighted by atomic mass is 10.00. The first-order chi connectivity index (χ1) is 21.8. The molecule has 202 valence electrons. The summed E-state index contributed by atoms with van der Waals surface area (Å²) in [6, 6.07) is 48.3. The molecule has 4 heteroatoms. The number of fused-ring (bicyclic) bond motifs is 10. The van der Waals surface area contributed by atoms with Gasteiger partial charge in [0, 0.05) is 27.2 Å². The Hall–Kier alpha value is -6.36. The molecule has 9 aromatic rings. The van der Waals surface area contributed by atoms with E-state index in [4.69, 9.17) is 6.57 Å². The highest BCUT2D eigenvalue weighted by Gasteiger charge is 2.22. The third kappa shape index (κ3) is 3.20. The Bertz CT molecular complexity index is 2560. The predicted octanol–water partition coefficient (Wildman–Crippen LogP) is 10.6. The second kappa shape index (κ2) is 9.07. The van der Waals surface area contributed by atoms with Crippen molar-refractivity contribution in [2.75, 3.05) is 0 Å². The Kier molecular flexibility index (Phi) is 5.00. The summed E-state index contributed by atoms with van der Waals surface area (Å²) in [5.41, 5.74) is 6.32. The molecule has 0 aliphatic heterocycles. The molecular formula is C40H22N4. The highest BCUT2D eigenvalue weighted by atomic mass is 15.0. The molecule has 0 aliphatic carbocycles. The van der Waals surface area contributed by atoms with Gasteiger partial charge >= 0.3 is 0 Å². The maximum atomic E-state index is 10.6. The van der Waals surface area contributed by atoms with Gasteiger partial charge < -0.3 is 9.13 Å². The first-order valence-corrected chi connectivity index (χ1v) is 14.5. The van der Waals surface area contributed by atoms with Gasteiger partial charge in [-0.05, 0) is 57.9 Å². The van der Waals surface area contributed by atoms with Gasteiger partial charge in [-0.1, -0.05) is 97.1 Å². The van der Waals surface area contributed by atoms with Crippen LogP contribution in [0, 0.1) is 17.9 Å². The molecule has 4 nitrogen and oxygen atoms in total. The topological polar surface area (TPSA) is 38.0 Å². The van der Waals surface area contributed by atoms with Gasteiger partial charge in [-0.3, -0.25) is 0 Å². The smallest absolute Gasteiger partial charge is 0.214 e. The second-order valence-electron chi connectivity index (χ2n) is 11.2. The van der Waals surface area contributed by atoms with E-state index in [9.17, 15) is 5.26 Å². The number of nitrogens with zero attached hydrogens (tertiary/aromatic N) is 4. The van der Waals surface area contributed by atoms with Crippen molar-refractivity contribution in [3.63, 3.8) is 0 Å². The number of rotatable bonds is 2. The Morgan fingerprint density at radius 2 is 1.02 bits per heavy atom. The molecule has 9 rings (SSSR count). The van der Waals surface area contributed by atoms with Crippen LogP contribution in [0.2, 0.25) is 0 Å². The van der Waals surface area contributed by atoms with E-state index in [0.29, 0.717) is 16.9 Å². The van der Waals surface area contributed by atoms with Crippen LogP contribution in [0.1, 0.15) is 5.56 Å². The van der Waals surface area contributed by atoms with Crippen LogP contribution in [-0.2, 0) is 0 Å². The molecule has 0 radical (unpaired) electrons. The highest BCUT2D eigenvalue weighted by Crippen LogP contribution is 2.43. The largest absolute Gasteiger partial charge is 0.318 e. The molecule has 0 unspecified atom stereocenters. The van der Waals surface area contributed by atoms with E-state index in [1.54, 1.807) is 0 Å². The number of nitriles is 1. The Morgan fingerprint density at radius 1 is 0.523 bits per heavy atom.